The molecule has 0 bridgehead atoms. The smallest absolute Gasteiger partial charge is 0.0400 e. The van der Waals surface area contributed by atoms with Crippen LogP contribution in [-0.4, -0.2) is 44.7 Å². The summed E-state index contributed by atoms with van der Waals surface area (Å²) in [5.74, 6) is 0.650. The molecule has 0 heterocycles. The molecule has 0 radical (unpaired) electrons. The molecular weight excluding hydrogens is 258 g/mol. The maximum Gasteiger partial charge on any atom is 0.0400 e. The van der Waals surface area contributed by atoms with Crippen LogP contribution in [0, 0.1) is 12.8 Å². The minimum absolute atomic E-state index is 0.195. The lowest BCUT2D eigenvalue weighted by Crippen LogP contribution is -2.35. The highest BCUT2D eigenvalue weighted by atomic mass is 15.2. The van der Waals surface area contributed by atoms with Crippen LogP contribution in [0.3, 0.4) is 0 Å². The molecule has 0 aliphatic heterocycles. The average Bonchev–Trinajstić information content (AvgIpc) is 2.33. The van der Waals surface area contributed by atoms with Crippen LogP contribution in [0.2, 0.25) is 0 Å². The summed E-state index contributed by atoms with van der Waals surface area (Å²) in [7, 11) is 4.26. The monoisotopic (exact) mass is 291 g/mol. The van der Waals surface area contributed by atoms with Crippen LogP contribution >= 0.6 is 0 Å². The Balaban J connectivity index is 3.03. The lowest BCUT2D eigenvalue weighted by Gasteiger charge is -2.30. The molecule has 0 aromatic heterocycles. The Kier molecular flexibility index (Phi) is 7.20. The summed E-state index contributed by atoms with van der Waals surface area (Å²) in [4.78, 5) is 4.76. The van der Waals surface area contributed by atoms with E-state index in [9.17, 15) is 0 Å². The second-order valence-corrected chi connectivity index (χ2v) is 6.96. The highest BCUT2D eigenvalue weighted by molar-refractivity contribution is 5.55. The Morgan fingerprint density at radius 1 is 1.10 bits per heavy atom. The van der Waals surface area contributed by atoms with Crippen LogP contribution < -0.4 is 10.6 Å². The number of rotatable bonds is 8. The van der Waals surface area contributed by atoms with Crippen molar-refractivity contribution in [3.8, 4) is 0 Å². The van der Waals surface area contributed by atoms with Gasteiger partial charge in [0, 0.05) is 31.4 Å². The number of hydrogen-bond acceptors (Lipinski definition) is 3. The average molecular weight is 291 g/mol. The van der Waals surface area contributed by atoms with Crippen molar-refractivity contribution in [1.82, 2.24) is 4.90 Å². The van der Waals surface area contributed by atoms with Gasteiger partial charge in [-0.05, 0) is 51.9 Å². The van der Waals surface area contributed by atoms with Gasteiger partial charge in [0.05, 0.1) is 0 Å². The van der Waals surface area contributed by atoms with E-state index in [2.05, 4.69) is 69.8 Å². The van der Waals surface area contributed by atoms with Gasteiger partial charge in [-0.25, -0.2) is 0 Å². The topological polar surface area (TPSA) is 32.5 Å². The molecule has 0 saturated heterocycles. The van der Waals surface area contributed by atoms with Gasteiger partial charge in [-0.2, -0.15) is 0 Å². The lowest BCUT2D eigenvalue weighted by molar-refractivity contribution is 0.409. The quantitative estimate of drug-likeness (QED) is 0.799. The predicted molar refractivity (Wildman–Crippen MR) is 94.1 cm³/mol. The minimum Gasteiger partial charge on any atom is -0.370 e. The van der Waals surface area contributed by atoms with E-state index in [1.807, 2.05) is 0 Å². The van der Waals surface area contributed by atoms with Crippen LogP contribution in [0.15, 0.2) is 18.2 Å². The van der Waals surface area contributed by atoms with Gasteiger partial charge in [-0.1, -0.05) is 31.5 Å². The molecule has 0 saturated carbocycles. The Morgan fingerprint density at radius 3 is 2.29 bits per heavy atom. The van der Waals surface area contributed by atoms with Gasteiger partial charge < -0.3 is 15.5 Å². The number of hydrogen-bond donors (Lipinski definition) is 1. The maximum atomic E-state index is 6.04. The van der Waals surface area contributed by atoms with Crippen LogP contribution in [0.4, 0.5) is 5.69 Å². The highest BCUT2D eigenvalue weighted by Crippen LogP contribution is 2.24. The first-order chi connectivity index (χ1) is 9.79. The van der Waals surface area contributed by atoms with Gasteiger partial charge in [-0.15, -0.1) is 0 Å². The number of nitrogens with two attached hydrogens (primary N) is 1. The van der Waals surface area contributed by atoms with Gasteiger partial charge >= 0.3 is 0 Å². The third kappa shape index (κ3) is 6.49. The van der Waals surface area contributed by atoms with Crippen molar-refractivity contribution in [3.63, 3.8) is 0 Å². The molecule has 1 unspecified atom stereocenters. The van der Waals surface area contributed by atoms with E-state index in [0.717, 1.165) is 26.1 Å². The molecule has 0 aliphatic carbocycles. The zero-order chi connectivity index (χ0) is 16.0. The molecule has 21 heavy (non-hydrogen) atoms. The van der Waals surface area contributed by atoms with Crippen molar-refractivity contribution in [1.29, 1.82) is 0 Å². The number of anilines is 1. The van der Waals surface area contributed by atoms with Crippen molar-refractivity contribution < 1.29 is 0 Å². The SMILES string of the molecule is Cc1ccc(N(CCN(C)C)CC(C)C)c(CC(C)N)c1. The minimum atomic E-state index is 0.195. The first kappa shape index (κ1) is 18.0. The fourth-order valence-corrected chi connectivity index (χ4v) is 2.60. The molecular formula is C18H33N3. The van der Waals surface area contributed by atoms with Crippen LogP contribution in [0.5, 0.6) is 0 Å². The molecule has 3 heteroatoms. The summed E-state index contributed by atoms with van der Waals surface area (Å²) < 4.78 is 0. The molecule has 1 atom stereocenters. The molecule has 1 aromatic carbocycles. The summed E-state index contributed by atoms with van der Waals surface area (Å²) in [6, 6.07) is 6.97. The summed E-state index contributed by atoms with van der Waals surface area (Å²) >= 11 is 0. The third-order valence-electron chi connectivity index (χ3n) is 3.52. The van der Waals surface area contributed by atoms with Crippen molar-refractivity contribution in [2.45, 2.75) is 40.2 Å². The Morgan fingerprint density at radius 2 is 1.76 bits per heavy atom. The van der Waals surface area contributed by atoms with Gasteiger partial charge in [0.25, 0.3) is 0 Å². The van der Waals surface area contributed by atoms with Crippen LogP contribution in [0.1, 0.15) is 31.9 Å². The number of benzene rings is 1. The Bertz CT molecular complexity index is 424. The van der Waals surface area contributed by atoms with E-state index in [0.29, 0.717) is 5.92 Å². The molecule has 1 aromatic rings. The third-order valence-corrected chi connectivity index (χ3v) is 3.52. The largest absolute Gasteiger partial charge is 0.370 e. The number of aryl methyl sites for hydroxylation is 1. The van der Waals surface area contributed by atoms with Gasteiger partial charge in [0.15, 0.2) is 0 Å². The normalized spacial score (nSPS) is 13.0. The zero-order valence-electron chi connectivity index (χ0n) is 14.7. The molecule has 1 rings (SSSR count). The second-order valence-electron chi connectivity index (χ2n) is 6.96. The van der Waals surface area contributed by atoms with E-state index < -0.39 is 0 Å². The predicted octanol–water partition coefficient (Wildman–Crippen LogP) is 2.91. The summed E-state index contributed by atoms with van der Waals surface area (Å²) in [5.41, 5.74) is 10.1. The highest BCUT2D eigenvalue weighted by Gasteiger charge is 2.14. The zero-order valence-corrected chi connectivity index (χ0v) is 14.7. The molecule has 120 valence electrons. The van der Waals surface area contributed by atoms with E-state index in [1.165, 1.54) is 16.8 Å². The van der Waals surface area contributed by atoms with Crippen molar-refractivity contribution in [2.24, 2.45) is 11.7 Å². The first-order valence-corrected chi connectivity index (χ1v) is 8.04. The van der Waals surface area contributed by atoms with Gasteiger partial charge in [-0.3, -0.25) is 0 Å². The van der Waals surface area contributed by atoms with Crippen molar-refractivity contribution >= 4 is 5.69 Å². The summed E-state index contributed by atoms with van der Waals surface area (Å²) in [6.45, 7) is 12.0. The van der Waals surface area contributed by atoms with Crippen LogP contribution in [0.25, 0.3) is 0 Å². The standard InChI is InChI=1S/C18H33N3/c1-14(2)13-21(10-9-20(5)6)18-8-7-15(3)11-17(18)12-16(4)19/h7-8,11,14,16H,9-10,12-13,19H2,1-6H3. The molecule has 0 spiro atoms. The van der Waals surface area contributed by atoms with Crippen molar-refractivity contribution in [3.05, 3.63) is 29.3 Å². The number of likely N-dealkylation sites (N-methyl/N-ethyl adjacent to an activating group) is 1. The number of nitrogens with zero attached hydrogens (tertiary/aromatic N) is 2. The van der Waals surface area contributed by atoms with Gasteiger partial charge in [0.1, 0.15) is 0 Å². The molecule has 0 amide bonds. The van der Waals surface area contributed by atoms with Gasteiger partial charge in [0.2, 0.25) is 0 Å². The summed E-state index contributed by atoms with van der Waals surface area (Å²) in [6.07, 6.45) is 0.938. The fraction of sp³-hybridized carbons (Fsp3) is 0.667. The molecule has 0 fully saturated rings. The fourth-order valence-electron chi connectivity index (χ4n) is 2.60. The first-order valence-electron chi connectivity index (χ1n) is 8.04. The molecule has 3 nitrogen and oxygen atoms in total. The van der Waals surface area contributed by atoms with E-state index in [1.54, 1.807) is 0 Å². The Labute approximate surface area is 131 Å². The molecule has 0 aliphatic rings. The maximum absolute atomic E-state index is 6.04. The Hall–Kier alpha value is -1.06. The van der Waals surface area contributed by atoms with E-state index in [4.69, 9.17) is 5.73 Å². The molecule has 2 N–H and O–H groups in total. The van der Waals surface area contributed by atoms with E-state index >= 15 is 0 Å². The second kappa shape index (κ2) is 8.40. The summed E-state index contributed by atoms with van der Waals surface area (Å²) in [5, 5.41) is 0. The van der Waals surface area contributed by atoms with Crippen LogP contribution in [-0.2, 0) is 6.42 Å². The van der Waals surface area contributed by atoms with E-state index in [-0.39, 0.29) is 6.04 Å². The van der Waals surface area contributed by atoms with Crippen molar-refractivity contribution in [2.75, 3.05) is 38.6 Å². The lowest BCUT2D eigenvalue weighted by atomic mass is 10.0.